The molecule has 0 bridgehead atoms. The van der Waals surface area contributed by atoms with Gasteiger partial charge in [0, 0.05) is 24.8 Å². The molecular formula is C13H16N4O. The van der Waals surface area contributed by atoms with Gasteiger partial charge in [-0.1, -0.05) is 6.08 Å². The van der Waals surface area contributed by atoms with E-state index in [0.29, 0.717) is 0 Å². The summed E-state index contributed by atoms with van der Waals surface area (Å²) in [4.78, 5) is 6.94. The van der Waals surface area contributed by atoms with Crippen molar-refractivity contribution >= 4 is 11.5 Å². The Balaban J connectivity index is 1.97. The number of hydrogen-bond donors (Lipinski definition) is 0. The summed E-state index contributed by atoms with van der Waals surface area (Å²) in [6.07, 6.45) is 6.48. The average molecular weight is 244 g/mol. The quantitative estimate of drug-likeness (QED) is 0.763. The van der Waals surface area contributed by atoms with Gasteiger partial charge >= 0.3 is 0 Å². The first-order valence-corrected chi connectivity index (χ1v) is 6.15. The SMILES string of the molecule is C=CCc1cnn2ccc(N3CCOCC3)nc12. The minimum Gasteiger partial charge on any atom is -0.378 e. The number of nitrogens with zero attached hydrogens (tertiary/aromatic N) is 4. The highest BCUT2D eigenvalue weighted by Crippen LogP contribution is 2.16. The van der Waals surface area contributed by atoms with Crippen molar-refractivity contribution in [3.63, 3.8) is 0 Å². The Morgan fingerprint density at radius 3 is 3.00 bits per heavy atom. The average Bonchev–Trinajstić information content (AvgIpc) is 2.83. The van der Waals surface area contributed by atoms with E-state index < -0.39 is 0 Å². The zero-order chi connectivity index (χ0) is 12.4. The molecular weight excluding hydrogens is 228 g/mol. The first kappa shape index (κ1) is 11.2. The molecule has 0 aliphatic carbocycles. The van der Waals surface area contributed by atoms with Gasteiger partial charge in [-0.05, 0) is 12.5 Å². The fourth-order valence-electron chi connectivity index (χ4n) is 2.17. The van der Waals surface area contributed by atoms with Crippen LogP contribution < -0.4 is 4.90 Å². The largest absolute Gasteiger partial charge is 0.378 e. The molecule has 5 nitrogen and oxygen atoms in total. The van der Waals surface area contributed by atoms with Crippen LogP contribution in [0.1, 0.15) is 5.56 Å². The zero-order valence-corrected chi connectivity index (χ0v) is 10.2. The summed E-state index contributed by atoms with van der Waals surface area (Å²) in [6.45, 7) is 7.10. The van der Waals surface area contributed by atoms with Crippen LogP contribution >= 0.6 is 0 Å². The van der Waals surface area contributed by atoms with Gasteiger partial charge in [-0.3, -0.25) is 0 Å². The Morgan fingerprint density at radius 1 is 1.39 bits per heavy atom. The van der Waals surface area contributed by atoms with E-state index in [9.17, 15) is 0 Å². The lowest BCUT2D eigenvalue weighted by Crippen LogP contribution is -2.36. The maximum atomic E-state index is 5.36. The molecule has 0 saturated carbocycles. The highest BCUT2D eigenvalue weighted by atomic mass is 16.5. The van der Waals surface area contributed by atoms with Crippen LogP contribution in [0.3, 0.4) is 0 Å². The molecule has 0 aromatic carbocycles. The Kier molecular flexibility index (Phi) is 2.98. The zero-order valence-electron chi connectivity index (χ0n) is 10.2. The minimum atomic E-state index is 0.769. The molecule has 3 heterocycles. The number of morpholine rings is 1. The maximum absolute atomic E-state index is 5.36. The molecule has 0 radical (unpaired) electrons. The van der Waals surface area contributed by atoms with Crippen molar-refractivity contribution in [3.8, 4) is 0 Å². The van der Waals surface area contributed by atoms with Crippen LogP contribution in [-0.4, -0.2) is 40.9 Å². The predicted octanol–water partition coefficient (Wildman–Crippen LogP) is 1.29. The Hall–Kier alpha value is -1.88. The molecule has 0 atom stereocenters. The topological polar surface area (TPSA) is 42.7 Å². The lowest BCUT2D eigenvalue weighted by atomic mass is 10.2. The third-order valence-corrected chi connectivity index (χ3v) is 3.13. The highest BCUT2D eigenvalue weighted by Gasteiger charge is 2.14. The molecule has 1 saturated heterocycles. The van der Waals surface area contributed by atoms with Crippen LogP contribution in [-0.2, 0) is 11.2 Å². The number of ether oxygens (including phenoxy) is 1. The molecule has 1 aliphatic heterocycles. The molecule has 3 rings (SSSR count). The number of anilines is 1. The fraction of sp³-hybridized carbons (Fsp3) is 0.385. The maximum Gasteiger partial charge on any atom is 0.160 e. The second-order valence-electron chi connectivity index (χ2n) is 4.32. The van der Waals surface area contributed by atoms with Crippen LogP contribution in [0.2, 0.25) is 0 Å². The molecule has 0 amide bonds. The van der Waals surface area contributed by atoms with Gasteiger partial charge in [0.2, 0.25) is 0 Å². The second kappa shape index (κ2) is 4.78. The fourth-order valence-corrected chi connectivity index (χ4v) is 2.17. The highest BCUT2D eigenvalue weighted by molar-refractivity contribution is 5.53. The smallest absolute Gasteiger partial charge is 0.160 e. The monoisotopic (exact) mass is 244 g/mol. The Labute approximate surface area is 106 Å². The van der Waals surface area contributed by atoms with Crippen LogP contribution in [0.4, 0.5) is 5.82 Å². The van der Waals surface area contributed by atoms with Crippen LogP contribution in [0, 0.1) is 0 Å². The molecule has 2 aromatic heterocycles. The van der Waals surface area contributed by atoms with Gasteiger partial charge in [0.25, 0.3) is 0 Å². The molecule has 0 unspecified atom stereocenters. The van der Waals surface area contributed by atoms with E-state index in [-0.39, 0.29) is 0 Å². The minimum absolute atomic E-state index is 0.769. The lowest BCUT2D eigenvalue weighted by molar-refractivity contribution is 0.122. The first-order valence-electron chi connectivity index (χ1n) is 6.15. The van der Waals surface area contributed by atoms with Crippen molar-refractivity contribution in [3.05, 3.63) is 36.7 Å². The lowest BCUT2D eigenvalue weighted by Gasteiger charge is -2.27. The number of hydrogen-bond acceptors (Lipinski definition) is 4. The molecule has 18 heavy (non-hydrogen) atoms. The second-order valence-corrected chi connectivity index (χ2v) is 4.32. The van der Waals surface area contributed by atoms with Crippen LogP contribution in [0.5, 0.6) is 0 Å². The van der Waals surface area contributed by atoms with E-state index in [1.165, 1.54) is 0 Å². The Morgan fingerprint density at radius 2 is 2.22 bits per heavy atom. The molecule has 0 N–H and O–H groups in total. The Bertz CT molecular complexity index is 557. The van der Waals surface area contributed by atoms with Gasteiger partial charge in [0.15, 0.2) is 5.65 Å². The molecule has 5 heteroatoms. The van der Waals surface area contributed by atoms with Crippen molar-refractivity contribution in [2.75, 3.05) is 31.2 Å². The summed E-state index contributed by atoms with van der Waals surface area (Å²) in [6, 6.07) is 2.00. The summed E-state index contributed by atoms with van der Waals surface area (Å²) in [5.41, 5.74) is 2.03. The van der Waals surface area contributed by atoms with E-state index in [1.54, 1.807) is 0 Å². The number of aromatic nitrogens is 3. The standard InChI is InChI=1S/C13H16N4O/c1-2-3-11-10-14-17-5-4-12(15-13(11)17)16-6-8-18-9-7-16/h2,4-5,10H,1,3,6-9H2. The van der Waals surface area contributed by atoms with Gasteiger partial charge in [-0.2, -0.15) is 5.10 Å². The molecule has 1 aliphatic rings. The summed E-state index contributed by atoms with van der Waals surface area (Å²) in [5, 5.41) is 4.29. The van der Waals surface area contributed by atoms with Gasteiger partial charge < -0.3 is 9.64 Å². The van der Waals surface area contributed by atoms with E-state index in [2.05, 4.69) is 16.6 Å². The summed E-state index contributed by atoms with van der Waals surface area (Å²) < 4.78 is 7.16. The molecule has 2 aromatic rings. The van der Waals surface area contributed by atoms with Gasteiger partial charge in [-0.25, -0.2) is 9.50 Å². The summed E-state index contributed by atoms with van der Waals surface area (Å²) in [5.74, 6) is 0.997. The van der Waals surface area contributed by atoms with Gasteiger partial charge in [0.05, 0.1) is 19.4 Å². The molecule has 1 fully saturated rings. The van der Waals surface area contributed by atoms with E-state index in [4.69, 9.17) is 9.72 Å². The first-order chi connectivity index (χ1) is 8.88. The van der Waals surface area contributed by atoms with Crippen molar-refractivity contribution in [1.29, 1.82) is 0 Å². The van der Waals surface area contributed by atoms with Crippen molar-refractivity contribution in [1.82, 2.24) is 14.6 Å². The number of rotatable bonds is 3. The molecule has 94 valence electrons. The molecule has 0 spiro atoms. The number of allylic oxidation sites excluding steroid dienone is 1. The van der Waals surface area contributed by atoms with Gasteiger partial charge in [0.1, 0.15) is 5.82 Å². The van der Waals surface area contributed by atoms with E-state index >= 15 is 0 Å². The van der Waals surface area contributed by atoms with Gasteiger partial charge in [-0.15, -0.1) is 6.58 Å². The predicted molar refractivity (Wildman–Crippen MR) is 69.9 cm³/mol. The van der Waals surface area contributed by atoms with E-state index in [0.717, 1.165) is 49.8 Å². The third-order valence-electron chi connectivity index (χ3n) is 3.13. The van der Waals surface area contributed by atoms with Crippen molar-refractivity contribution < 1.29 is 4.74 Å². The van der Waals surface area contributed by atoms with Crippen molar-refractivity contribution in [2.24, 2.45) is 0 Å². The normalized spacial score (nSPS) is 16.1. The van der Waals surface area contributed by atoms with Crippen molar-refractivity contribution in [2.45, 2.75) is 6.42 Å². The third kappa shape index (κ3) is 1.97. The van der Waals surface area contributed by atoms with Crippen LogP contribution in [0.15, 0.2) is 31.1 Å². The summed E-state index contributed by atoms with van der Waals surface area (Å²) in [7, 11) is 0. The number of fused-ring (bicyclic) bond motifs is 1. The summed E-state index contributed by atoms with van der Waals surface area (Å²) >= 11 is 0. The van der Waals surface area contributed by atoms with Crippen LogP contribution in [0.25, 0.3) is 5.65 Å². The van der Waals surface area contributed by atoms with E-state index in [1.807, 2.05) is 29.1 Å².